The number of hydrogen-bond acceptors (Lipinski definition) is 7. The second-order valence-electron chi connectivity index (χ2n) is 7.26. The maximum absolute atomic E-state index is 12.7. The van der Waals surface area contributed by atoms with Gasteiger partial charge in [-0.3, -0.25) is 9.78 Å². The molecule has 0 aliphatic carbocycles. The van der Waals surface area contributed by atoms with Gasteiger partial charge in [-0.25, -0.2) is 13.1 Å². The number of pyridine rings is 1. The first kappa shape index (κ1) is 23.9. The molecule has 0 saturated carbocycles. The largest absolute Gasteiger partial charge is 0.497 e. The molecular formula is C22H27N3O6S. The van der Waals surface area contributed by atoms with Gasteiger partial charge in [0.2, 0.25) is 15.9 Å². The third kappa shape index (κ3) is 6.60. The molecule has 0 bridgehead atoms. The fraction of sp³-hybridized carbons (Fsp3) is 0.364. The number of carbonyl (C=O) groups excluding carboxylic acids is 1. The van der Waals surface area contributed by atoms with Gasteiger partial charge in [-0.15, -0.1) is 0 Å². The number of nitrogens with one attached hydrogen (secondary N) is 2. The molecule has 0 radical (unpaired) electrons. The first-order chi connectivity index (χ1) is 15.4. The quantitative estimate of drug-likeness (QED) is 0.447. The van der Waals surface area contributed by atoms with Crippen molar-refractivity contribution < 1.29 is 27.8 Å². The van der Waals surface area contributed by atoms with Gasteiger partial charge < -0.3 is 19.9 Å². The summed E-state index contributed by atoms with van der Waals surface area (Å²) in [4.78, 5) is 16.2. The van der Waals surface area contributed by atoms with Gasteiger partial charge in [-0.2, -0.15) is 0 Å². The van der Waals surface area contributed by atoms with Crippen LogP contribution >= 0.6 is 0 Å². The Bertz CT molecular complexity index is 1010. The molecule has 0 saturated heterocycles. The second-order valence-corrected chi connectivity index (χ2v) is 8.98. The summed E-state index contributed by atoms with van der Waals surface area (Å²) in [6.07, 6.45) is 6.03. The lowest BCUT2D eigenvalue weighted by Crippen LogP contribution is -2.49. The molecule has 1 aromatic carbocycles. The number of benzene rings is 1. The molecule has 172 valence electrons. The van der Waals surface area contributed by atoms with E-state index in [-0.39, 0.29) is 17.2 Å². The van der Waals surface area contributed by atoms with E-state index in [1.807, 2.05) is 12.1 Å². The van der Waals surface area contributed by atoms with E-state index in [9.17, 15) is 18.3 Å². The number of aromatic nitrogens is 1. The van der Waals surface area contributed by atoms with E-state index >= 15 is 0 Å². The van der Waals surface area contributed by atoms with Gasteiger partial charge in [0.05, 0.1) is 37.2 Å². The van der Waals surface area contributed by atoms with Crippen molar-refractivity contribution in [1.29, 1.82) is 0 Å². The number of hydrogen-bond donors (Lipinski definition) is 3. The molecule has 9 nitrogen and oxygen atoms in total. The average Bonchev–Trinajstić information content (AvgIpc) is 2.80. The Morgan fingerprint density at radius 2 is 1.88 bits per heavy atom. The Morgan fingerprint density at radius 3 is 2.53 bits per heavy atom. The Morgan fingerprint density at radius 1 is 1.16 bits per heavy atom. The van der Waals surface area contributed by atoms with E-state index in [1.165, 1.54) is 19.2 Å². The molecule has 2 heterocycles. The minimum atomic E-state index is -3.84. The number of amides is 1. The lowest BCUT2D eigenvalue weighted by Gasteiger charge is -2.31. The minimum Gasteiger partial charge on any atom is -0.497 e. The van der Waals surface area contributed by atoms with Crippen molar-refractivity contribution in [2.24, 2.45) is 0 Å². The first-order valence-corrected chi connectivity index (χ1v) is 11.7. The van der Waals surface area contributed by atoms with E-state index < -0.39 is 34.9 Å². The van der Waals surface area contributed by atoms with Gasteiger partial charge in [0.25, 0.3) is 0 Å². The molecule has 1 aliphatic rings. The highest BCUT2D eigenvalue weighted by atomic mass is 32.2. The molecule has 0 spiro atoms. The van der Waals surface area contributed by atoms with Crippen molar-refractivity contribution in [3.63, 3.8) is 0 Å². The summed E-state index contributed by atoms with van der Waals surface area (Å²) in [5.74, 6) is 0.350. The van der Waals surface area contributed by atoms with Crippen LogP contribution in [0, 0.1) is 0 Å². The molecule has 0 unspecified atom stereocenters. The highest BCUT2D eigenvalue weighted by molar-refractivity contribution is 7.89. The Labute approximate surface area is 187 Å². The topological polar surface area (TPSA) is 127 Å². The van der Waals surface area contributed by atoms with E-state index in [0.29, 0.717) is 18.7 Å². The highest BCUT2D eigenvalue weighted by Gasteiger charge is 2.31. The lowest BCUT2D eigenvalue weighted by atomic mass is 10.1. The van der Waals surface area contributed by atoms with E-state index in [1.54, 1.807) is 36.7 Å². The van der Waals surface area contributed by atoms with E-state index in [2.05, 4.69) is 15.0 Å². The van der Waals surface area contributed by atoms with Crippen molar-refractivity contribution in [3.05, 3.63) is 66.5 Å². The number of sulfonamides is 1. The number of aliphatic hydroxyl groups excluding tert-OH is 1. The van der Waals surface area contributed by atoms with Crippen LogP contribution in [0.5, 0.6) is 5.75 Å². The summed E-state index contributed by atoms with van der Waals surface area (Å²) in [5.41, 5.74) is 1.07. The van der Waals surface area contributed by atoms with Crippen molar-refractivity contribution in [2.75, 3.05) is 20.3 Å². The molecule has 0 fully saturated rings. The number of nitrogens with zero attached hydrogens (tertiary/aromatic N) is 1. The van der Waals surface area contributed by atoms with Crippen LogP contribution in [0.4, 0.5) is 0 Å². The maximum atomic E-state index is 12.7. The number of methoxy groups -OCH3 is 1. The van der Waals surface area contributed by atoms with Gasteiger partial charge in [0, 0.05) is 18.9 Å². The molecule has 32 heavy (non-hydrogen) atoms. The van der Waals surface area contributed by atoms with E-state index in [4.69, 9.17) is 9.47 Å². The predicted octanol–water partition coefficient (Wildman–Crippen LogP) is 0.802. The first-order valence-electron chi connectivity index (χ1n) is 10.2. The average molecular weight is 462 g/mol. The minimum absolute atomic E-state index is 0.0686. The Kier molecular flexibility index (Phi) is 8.34. The number of carbonyl (C=O) groups is 1. The fourth-order valence-corrected chi connectivity index (χ4v) is 4.48. The molecule has 10 heteroatoms. The van der Waals surface area contributed by atoms with Crippen LogP contribution in [0.1, 0.15) is 12.0 Å². The molecule has 3 atom stereocenters. The summed E-state index contributed by atoms with van der Waals surface area (Å²) in [7, 11) is -2.34. The molecule has 3 rings (SSSR count). The van der Waals surface area contributed by atoms with Crippen LogP contribution in [-0.4, -0.2) is 62.9 Å². The van der Waals surface area contributed by atoms with E-state index in [0.717, 1.165) is 5.56 Å². The van der Waals surface area contributed by atoms with Crippen LogP contribution < -0.4 is 14.8 Å². The maximum Gasteiger partial charge on any atom is 0.241 e. The van der Waals surface area contributed by atoms with Crippen LogP contribution in [-0.2, 0) is 26.0 Å². The monoisotopic (exact) mass is 461 g/mol. The number of ether oxygens (including phenoxy) is 2. The zero-order valence-electron chi connectivity index (χ0n) is 17.7. The molecule has 1 aliphatic heterocycles. The van der Waals surface area contributed by atoms with Crippen molar-refractivity contribution in [2.45, 2.75) is 36.0 Å². The molecule has 2 aromatic rings. The third-order valence-corrected chi connectivity index (χ3v) is 6.47. The van der Waals surface area contributed by atoms with Gasteiger partial charge >= 0.3 is 0 Å². The molecule has 3 N–H and O–H groups in total. The molecule has 1 aromatic heterocycles. The van der Waals surface area contributed by atoms with Gasteiger partial charge in [-0.05, 0) is 48.4 Å². The molecular weight excluding hydrogens is 434 g/mol. The summed E-state index contributed by atoms with van der Waals surface area (Å²) in [6.45, 7) is 0.0767. The Balaban J connectivity index is 1.53. The smallest absolute Gasteiger partial charge is 0.241 e. The number of aliphatic hydroxyl groups is 1. The van der Waals surface area contributed by atoms with Crippen LogP contribution in [0.3, 0.4) is 0 Å². The summed E-state index contributed by atoms with van der Waals surface area (Å²) < 4.78 is 38.7. The fourth-order valence-electron chi connectivity index (χ4n) is 3.26. The van der Waals surface area contributed by atoms with Crippen LogP contribution in [0.25, 0.3) is 0 Å². The highest BCUT2D eigenvalue weighted by Crippen LogP contribution is 2.20. The van der Waals surface area contributed by atoms with Crippen molar-refractivity contribution >= 4 is 15.9 Å². The predicted molar refractivity (Wildman–Crippen MR) is 118 cm³/mol. The van der Waals surface area contributed by atoms with Gasteiger partial charge in [-0.1, -0.05) is 12.2 Å². The Hall–Kier alpha value is -2.79. The zero-order chi connectivity index (χ0) is 23.0. The van der Waals surface area contributed by atoms with Gasteiger partial charge in [0.15, 0.2) is 0 Å². The standard InChI is InChI=1S/C22H27N3O6S/c1-30-17-2-5-19(6-3-17)32(28,29)25-20-7-4-18(31-21(20)15-26)14-22(27)24-13-10-16-8-11-23-12-9-16/h2-9,11-12,18,20-21,25-26H,10,13-15H2,1H3,(H,24,27)/t18-,20-,21-/m1/s1. The van der Waals surface area contributed by atoms with Crippen LogP contribution in [0.2, 0.25) is 0 Å². The second kappa shape index (κ2) is 11.2. The van der Waals surface area contributed by atoms with Crippen molar-refractivity contribution in [1.82, 2.24) is 15.0 Å². The van der Waals surface area contributed by atoms with Crippen molar-refractivity contribution in [3.8, 4) is 5.75 Å². The normalized spacial score (nSPS) is 20.6. The van der Waals surface area contributed by atoms with Gasteiger partial charge in [0.1, 0.15) is 11.9 Å². The SMILES string of the molecule is COc1ccc(S(=O)(=O)N[C@@H]2C=C[C@H](CC(=O)NCCc3ccncc3)O[C@@H]2CO)cc1. The molecule has 1 amide bonds. The summed E-state index contributed by atoms with van der Waals surface area (Å²) >= 11 is 0. The summed E-state index contributed by atoms with van der Waals surface area (Å²) in [6, 6.07) is 8.97. The van der Waals surface area contributed by atoms with Crippen LogP contribution in [0.15, 0.2) is 65.8 Å². The lowest BCUT2D eigenvalue weighted by molar-refractivity contribution is -0.125. The third-order valence-electron chi connectivity index (χ3n) is 5.00. The number of rotatable bonds is 10. The zero-order valence-corrected chi connectivity index (χ0v) is 18.5. The summed E-state index contributed by atoms with van der Waals surface area (Å²) in [5, 5.41) is 12.5.